The molecular formula is C15H21BrClNO. The van der Waals surface area contributed by atoms with Crippen LogP contribution in [0.15, 0.2) is 28.7 Å². The van der Waals surface area contributed by atoms with Crippen molar-refractivity contribution in [1.82, 2.24) is 5.32 Å². The highest BCUT2D eigenvalue weighted by Gasteiger charge is 2.32. The van der Waals surface area contributed by atoms with E-state index >= 15 is 0 Å². The van der Waals surface area contributed by atoms with Gasteiger partial charge in [-0.05, 0) is 36.5 Å². The minimum Gasteiger partial charge on any atom is -0.492 e. The topological polar surface area (TPSA) is 21.3 Å². The van der Waals surface area contributed by atoms with Gasteiger partial charge in [-0.1, -0.05) is 34.8 Å². The molecule has 2 nitrogen and oxygen atoms in total. The van der Waals surface area contributed by atoms with Crippen LogP contribution in [0, 0.1) is 5.41 Å². The van der Waals surface area contributed by atoms with Gasteiger partial charge in [-0.15, -0.1) is 11.6 Å². The molecule has 0 aromatic heterocycles. The molecule has 1 aromatic carbocycles. The quantitative estimate of drug-likeness (QED) is 0.589. The summed E-state index contributed by atoms with van der Waals surface area (Å²) in [4.78, 5) is 0. The molecule has 0 radical (unpaired) electrons. The molecule has 0 atom stereocenters. The SMILES string of the molecule is ClCC1(CNCCOc2cccc(Br)c2)CCCC1. The Morgan fingerprint density at radius 2 is 2.11 bits per heavy atom. The van der Waals surface area contributed by atoms with Crippen molar-refractivity contribution in [3.05, 3.63) is 28.7 Å². The lowest BCUT2D eigenvalue weighted by Crippen LogP contribution is -2.35. The first-order valence-corrected chi connectivity index (χ1v) is 8.22. The minimum absolute atomic E-state index is 0.331. The summed E-state index contributed by atoms with van der Waals surface area (Å²) in [5.41, 5.74) is 0.331. The summed E-state index contributed by atoms with van der Waals surface area (Å²) in [5.74, 6) is 1.68. The molecule has 1 saturated carbocycles. The van der Waals surface area contributed by atoms with E-state index < -0.39 is 0 Å². The molecule has 1 N–H and O–H groups in total. The van der Waals surface area contributed by atoms with Crippen LogP contribution in [-0.4, -0.2) is 25.6 Å². The minimum atomic E-state index is 0.331. The highest BCUT2D eigenvalue weighted by atomic mass is 79.9. The molecule has 0 amide bonds. The Kier molecular flexibility index (Phi) is 5.99. The molecule has 106 valence electrons. The van der Waals surface area contributed by atoms with E-state index in [2.05, 4.69) is 21.2 Å². The molecule has 0 spiro atoms. The van der Waals surface area contributed by atoms with Crippen molar-refractivity contribution in [3.8, 4) is 5.75 Å². The average Bonchev–Trinajstić information content (AvgIpc) is 2.88. The zero-order chi connectivity index (χ0) is 13.6. The van der Waals surface area contributed by atoms with E-state index in [0.29, 0.717) is 12.0 Å². The predicted molar refractivity (Wildman–Crippen MR) is 84.1 cm³/mol. The number of nitrogens with one attached hydrogen (secondary N) is 1. The van der Waals surface area contributed by atoms with Crippen LogP contribution in [0.5, 0.6) is 5.75 Å². The Balaban J connectivity index is 1.64. The maximum Gasteiger partial charge on any atom is 0.120 e. The maximum atomic E-state index is 6.11. The zero-order valence-electron chi connectivity index (χ0n) is 11.1. The van der Waals surface area contributed by atoms with Gasteiger partial charge in [0.2, 0.25) is 0 Å². The lowest BCUT2D eigenvalue weighted by Gasteiger charge is -2.26. The number of ether oxygens (including phenoxy) is 1. The number of benzene rings is 1. The number of hydrogen-bond donors (Lipinski definition) is 1. The molecule has 2 rings (SSSR count). The standard InChI is InChI=1S/C15H21BrClNO/c16-13-4-3-5-14(10-13)19-9-8-18-12-15(11-17)6-1-2-7-15/h3-5,10,18H,1-2,6-9,11-12H2. The number of rotatable bonds is 7. The highest BCUT2D eigenvalue weighted by molar-refractivity contribution is 9.10. The van der Waals surface area contributed by atoms with E-state index in [1.54, 1.807) is 0 Å². The van der Waals surface area contributed by atoms with Gasteiger partial charge < -0.3 is 10.1 Å². The fourth-order valence-corrected chi connectivity index (χ4v) is 3.37. The van der Waals surface area contributed by atoms with Crippen LogP contribution in [-0.2, 0) is 0 Å². The van der Waals surface area contributed by atoms with Gasteiger partial charge in [-0.3, -0.25) is 0 Å². The summed E-state index contributed by atoms with van der Waals surface area (Å²) in [7, 11) is 0. The molecule has 1 aliphatic carbocycles. The van der Waals surface area contributed by atoms with E-state index in [1.807, 2.05) is 24.3 Å². The van der Waals surface area contributed by atoms with Crippen molar-refractivity contribution in [2.24, 2.45) is 5.41 Å². The van der Waals surface area contributed by atoms with Crippen LogP contribution in [0.25, 0.3) is 0 Å². The fourth-order valence-electron chi connectivity index (χ4n) is 2.63. The van der Waals surface area contributed by atoms with Crippen molar-refractivity contribution >= 4 is 27.5 Å². The zero-order valence-corrected chi connectivity index (χ0v) is 13.5. The van der Waals surface area contributed by atoms with Gasteiger partial charge in [0.15, 0.2) is 0 Å². The molecule has 0 bridgehead atoms. The van der Waals surface area contributed by atoms with Gasteiger partial charge in [-0.25, -0.2) is 0 Å². The van der Waals surface area contributed by atoms with Crippen LogP contribution in [0.3, 0.4) is 0 Å². The lowest BCUT2D eigenvalue weighted by atomic mass is 9.88. The summed E-state index contributed by atoms with van der Waals surface area (Å²) in [5, 5.41) is 3.48. The molecular weight excluding hydrogens is 326 g/mol. The molecule has 0 heterocycles. The summed E-state index contributed by atoms with van der Waals surface area (Å²) < 4.78 is 6.74. The Morgan fingerprint density at radius 1 is 1.32 bits per heavy atom. The number of halogens is 2. The summed E-state index contributed by atoms with van der Waals surface area (Å²) in [6.07, 6.45) is 5.16. The summed E-state index contributed by atoms with van der Waals surface area (Å²) in [6.45, 7) is 2.57. The van der Waals surface area contributed by atoms with Gasteiger partial charge in [0.25, 0.3) is 0 Å². The molecule has 1 aromatic rings. The molecule has 1 fully saturated rings. The Bertz CT molecular complexity index is 393. The largest absolute Gasteiger partial charge is 0.492 e. The summed E-state index contributed by atoms with van der Waals surface area (Å²) >= 11 is 9.55. The van der Waals surface area contributed by atoms with E-state index in [9.17, 15) is 0 Å². The normalized spacial score (nSPS) is 17.6. The molecule has 1 aliphatic rings. The monoisotopic (exact) mass is 345 g/mol. The van der Waals surface area contributed by atoms with Gasteiger partial charge in [-0.2, -0.15) is 0 Å². The van der Waals surface area contributed by atoms with E-state index in [1.165, 1.54) is 25.7 Å². The van der Waals surface area contributed by atoms with Crippen molar-refractivity contribution < 1.29 is 4.74 Å². The summed E-state index contributed by atoms with van der Waals surface area (Å²) in [6, 6.07) is 7.93. The van der Waals surface area contributed by atoms with Crippen molar-refractivity contribution in [2.75, 3.05) is 25.6 Å². The second-order valence-corrected chi connectivity index (χ2v) is 6.51. The lowest BCUT2D eigenvalue weighted by molar-refractivity contribution is 0.281. The van der Waals surface area contributed by atoms with Crippen molar-refractivity contribution in [3.63, 3.8) is 0 Å². The van der Waals surface area contributed by atoms with Crippen molar-refractivity contribution in [1.29, 1.82) is 0 Å². The molecule has 0 aliphatic heterocycles. The molecule has 0 unspecified atom stereocenters. The highest BCUT2D eigenvalue weighted by Crippen LogP contribution is 2.38. The predicted octanol–water partition coefficient (Wildman–Crippen LogP) is 4.22. The second-order valence-electron chi connectivity index (χ2n) is 5.32. The number of hydrogen-bond acceptors (Lipinski definition) is 2. The van der Waals surface area contributed by atoms with Crippen LogP contribution >= 0.6 is 27.5 Å². The second kappa shape index (κ2) is 7.51. The van der Waals surface area contributed by atoms with Crippen LogP contribution in [0.2, 0.25) is 0 Å². The fraction of sp³-hybridized carbons (Fsp3) is 0.600. The Labute approximate surface area is 129 Å². The van der Waals surface area contributed by atoms with Gasteiger partial charge in [0.1, 0.15) is 12.4 Å². The Hall–Kier alpha value is -0.250. The molecule has 19 heavy (non-hydrogen) atoms. The van der Waals surface area contributed by atoms with Gasteiger partial charge in [0, 0.05) is 23.4 Å². The first kappa shape index (κ1) is 15.1. The van der Waals surface area contributed by atoms with Crippen molar-refractivity contribution in [2.45, 2.75) is 25.7 Å². The first-order chi connectivity index (χ1) is 9.24. The average molecular weight is 347 g/mol. The smallest absolute Gasteiger partial charge is 0.120 e. The van der Waals surface area contributed by atoms with Crippen LogP contribution in [0.4, 0.5) is 0 Å². The molecule has 0 saturated heterocycles. The third-order valence-electron chi connectivity index (χ3n) is 3.79. The van der Waals surface area contributed by atoms with E-state index in [0.717, 1.165) is 29.2 Å². The Morgan fingerprint density at radius 3 is 2.79 bits per heavy atom. The van der Waals surface area contributed by atoms with E-state index in [4.69, 9.17) is 16.3 Å². The van der Waals surface area contributed by atoms with Crippen LogP contribution in [0.1, 0.15) is 25.7 Å². The van der Waals surface area contributed by atoms with Gasteiger partial charge in [0.05, 0.1) is 0 Å². The van der Waals surface area contributed by atoms with Gasteiger partial charge >= 0.3 is 0 Å². The number of alkyl halides is 1. The maximum absolute atomic E-state index is 6.11. The third kappa shape index (κ3) is 4.66. The third-order valence-corrected chi connectivity index (χ3v) is 4.85. The van der Waals surface area contributed by atoms with Crippen LogP contribution < -0.4 is 10.1 Å². The molecule has 4 heteroatoms. The first-order valence-electron chi connectivity index (χ1n) is 6.89. The van der Waals surface area contributed by atoms with E-state index in [-0.39, 0.29) is 0 Å².